The van der Waals surface area contributed by atoms with Gasteiger partial charge >= 0.3 is 5.97 Å². The molecule has 0 radical (unpaired) electrons. The van der Waals surface area contributed by atoms with Gasteiger partial charge in [0.05, 0.1) is 0 Å². The third kappa shape index (κ3) is 1.44. The van der Waals surface area contributed by atoms with Crippen molar-refractivity contribution in [3.05, 3.63) is 0 Å². The molecule has 2 nitrogen and oxygen atoms in total. The van der Waals surface area contributed by atoms with Crippen LogP contribution in [-0.4, -0.2) is 12.1 Å². The van der Waals surface area contributed by atoms with Crippen LogP contribution in [-0.2, 0) is 9.53 Å². The van der Waals surface area contributed by atoms with E-state index in [0.29, 0.717) is 12.3 Å². The molecule has 1 aliphatic heterocycles. The zero-order chi connectivity index (χ0) is 6.85. The maximum Gasteiger partial charge on any atom is 0.306 e. The van der Waals surface area contributed by atoms with Gasteiger partial charge in [-0.25, -0.2) is 0 Å². The number of rotatable bonds is 0. The number of esters is 1. The summed E-state index contributed by atoms with van der Waals surface area (Å²) in [7, 11) is 0. The van der Waals surface area contributed by atoms with E-state index in [4.69, 9.17) is 4.74 Å². The highest BCUT2D eigenvalue weighted by atomic mass is 16.5. The van der Waals surface area contributed by atoms with Gasteiger partial charge in [0.2, 0.25) is 0 Å². The topological polar surface area (TPSA) is 26.3 Å². The SMILES string of the molecule is C[C@@H]1OC(=O)CC[C@@H]1C. The first-order valence-electron chi connectivity index (χ1n) is 3.39. The molecule has 1 saturated heterocycles. The molecule has 0 amide bonds. The smallest absolute Gasteiger partial charge is 0.306 e. The van der Waals surface area contributed by atoms with E-state index < -0.39 is 0 Å². The van der Waals surface area contributed by atoms with Crippen LogP contribution in [0.1, 0.15) is 26.7 Å². The largest absolute Gasteiger partial charge is 0.462 e. The highest BCUT2D eigenvalue weighted by molar-refractivity contribution is 5.70. The summed E-state index contributed by atoms with van der Waals surface area (Å²) in [6.07, 6.45) is 1.72. The quantitative estimate of drug-likeness (QED) is 0.460. The zero-order valence-electron chi connectivity index (χ0n) is 5.89. The van der Waals surface area contributed by atoms with Gasteiger partial charge in [-0.3, -0.25) is 4.79 Å². The van der Waals surface area contributed by atoms with E-state index in [1.165, 1.54) is 0 Å². The second kappa shape index (κ2) is 2.38. The summed E-state index contributed by atoms with van der Waals surface area (Å²) in [5.74, 6) is 0.503. The second-order valence-electron chi connectivity index (χ2n) is 2.71. The fraction of sp³-hybridized carbons (Fsp3) is 0.857. The Kier molecular flexibility index (Phi) is 1.74. The summed E-state index contributed by atoms with van der Waals surface area (Å²) >= 11 is 0. The number of ether oxygens (including phenoxy) is 1. The van der Waals surface area contributed by atoms with Gasteiger partial charge in [-0.15, -0.1) is 0 Å². The standard InChI is InChI=1S/C7H12O2/c1-5-3-4-7(8)9-6(5)2/h5-6H,3-4H2,1-2H3/t5-,6-/m0/s1. The summed E-state index contributed by atoms with van der Waals surface area (Å²) < 4.78 is 4.96. The first-order valence-corrected chi connectivity index (χ1v) is 3.39. The molecule has 1 rings (SSSR count). The number of cyclic esters (lactones) is 1. The maximum absolute atomic E-state index is 10.6. The molecule has 1 heterocycles. The van der Waals surface area contributed by atoms with Crippen molar-refractivity contribution >= 4 is 5.97 Å². The second-order valence-corrected chi connectivity index (χ2v) is 2.71. The third-order valence-electron chi connectivity index (χ3n) is 1.92. The molecule has 1 aliphatic rings. The summed E-state index contributed by atoms with van der Waals surface area (Å²) in [6, 6.07) is 0. The molecule has 0 aromatic carbocycles. The Morgan fingerprint density at radius 1 is 1.56 bits per heavy atom. The zero-order valence-corrected chi connectivity index (χ0v) is 5.89. The van der Waals surface area contributed by atoms with Crippen molar-refractivity contribution in [1.82, 2.24) is 0 Å². The van der Waals surface area contributed by atoms with Crippen molar-refractivity contribution in [2.45, 2.75) is 32.8 Å². The minimum atomic E-state index is -0.0411. The lowest BCUT2D eigenvalue weighted by atomic mass is 9.98. The monoisotopic (exact) mass is 128 g/mol. The average Bonchev–Trinajstić information content (AvgIpc) is 1.80. The molecule has 0 aromatic heterocycles. The van der Waals surface area contributed by atoms with Crippen molar-refractivity contribution < 1.29 is 9.53 Å². The molecule has 0 bridgehead atoms. The normalized spacial score (nSPS) is 36.0. The van der Waals surface area contributed by atoms with E-state index in [2.05, 4.69) is 6.92 Å². The van der Waals surface area contributed by atoms with Crippen LogP contribution in [0.3, 0.4) is 0 Å². The lowest BCUT2D eigenvalue weighted by molar-refractivity contribution is -0.156. The van der Waals surface area contributed by atoms with Gasteiger partial charge in [0.1, 0.15) is 6.10 Å². The van der Waals surface area contributed by atoms with Gasteiger partial charge in [-0.1, -0.05) is 6.92 Å². The van der Waals surface area contributed by atoms with Gasteiger partial charge in [0, 0.05) is 6.42 Å². The third-order valence-corrected chi connectivity index (χ3v) is 1.92. The van der Waals surface area contributed by atoms with Gasteiger partial charge in [0.25, 0.3) is 0 Å². The van der Waals surface area contributed by atoms with E-state index in [1.807, 2.05) is 6.92 Å². The van der Waals surface area contributed by atoms with Crippen LogP contribution < -0.4 is 0 Å². The van der Waals surface area contributed by atoms with Gasteiger partial charge in [-0.05, 0) is 19.3 Å². The molecule has 0 aromatic rings. The molecule has 0 spiro atoms. The van der Waals surface area contributed by atoms with Crippen LogP contribution in [0.4, 0.5) is 0 Å². The predicted octanol–water partition coefficient (Wildman–Crippen LogP) is 1.35. The lowest BCUT2D eigenvalue weighted by Gasteiger charge is -2.24. The number of carbonyl (C=O) groups is 1. The van der Waals surface area contributed by atoms with Gasteiger partial charge in [0.15, 0.2) is 0 Å². The molecule has 0 saturated carbocycles. The molecule has 9 heavy (non-hydrogen) atoms. The van der Waals surface area contributed by atoms with Crippen molar-refractivity contribution in [2.24, 2.45) is 5.92 Å². The van der Waals surface area contributed by atoms with E-state index in [1.54, 1.807) is 0 Å². The molecule has 0 aliphatic carbocycles. The Morgan fingerprint density at radius 2 is 2.22 bits per heavy atom. The minimum absolute atomic E-state index is 0.0411. The fourth-order valence-electron chi connectivity index (χ4n) is 0.963. The molecule has 0 N–H and O–H groups in total. The fourth-order valence-corrected chi connectivity index (χ4v) is 0.963. The van der Waals surface area contributed by atoms with Crippen LogP contribution in [0.25, 0.3) is 0 Å². The molecule has 52 valence electrons. The predicted molar refractivity (Wildman–Crippen MR) is 34.0 cm³/mol. The van der Waals surface area contributed by atoms with Crippen LogP contribution in [0.5, 0.6) is 0 Å². The molecular weight excluding hydrogens is 116 g/mol. The first-order chi connectivity index (χ1) is 4.20. The van der Waals surface area contributed by atoms with Crippen LogP contribution >= 0.6 is 0 Å². The van der Waals surface area contributed by atoms with Crippen molar-refractivity contribution in [3.8, 4) is 0 Å². The minimum Gasteiger partial charge on any atom is -0.462 e. The Morgan fingerprint density at radius 3 is 2.67 bits per heavy atom. The molecule has 0 unspecified atom stereocenters. The van der Waals surface area contributed by atoms with Gasteiger partial charge < -0.3 is 4.74 Å². The molecule has 2 atom stereocenters. The Balaban J connectivity index is 2.44. The van der Waals surface area contributed by atoms with Crippen LogP contribution in [0, 0.1) is 5.92 Å². The Labute approximate surface area is 55.2 Å². The number of carbonyl (C=O) groups excluding carboxylic acids is 1. The highest BCUT2D eigenvalue weighted by Gasteiger charge is 2.22. The van der Waals surface area contributed by atoms with Crippen molar-refractivity contribution in [3.63, 3.8) is 0 Å². The number of hydrogen-bond donors (Lipinski definition) is 0. The summed E-state index contributed by atoms with van der Waals surface area (Å²) in [5.41, 5.74) is 0. The molecule has 1 fully saturated rings. The Bertz CT molecular complexity index is 120. The maximum atomic E-state index is 10.6. The Hall–Kier alpha value is -0.530. The summed E-state index contributed by atoms with van der Waals surface area (Å²) in [4.78, 5) is 10.6. The van der Waals surface area contributed by atoms with E-state index >= 15 is 0 Å². The summed E-state index contributed by atoms with van der Waals surface area (Å²) in [5, 5.41) is 0. The van der Waals surface area contributed by atoms with E-state index in [-0.39, 0.29) is 12.1 Å². The molecular formula is C7H12O2. The summed E-state index contributed by atoms with van der Waals surface area (Å²) in [6.45, 7) is 4.05. The molecule has 2 heteroatoms. The highest BCUT2D eigenvalue weighted by Crippen LogP contribution is 2.19. The average molecular weight is 128 g/mol. The van der Waals surface area contributed by atoms with Crippen LogP contribution in [0.2, 0.25) is 0 Å². The number of hydrogen-bond acceptors (Lipinski definition) is 2. The van der Waals surface area contributed by atoms with Crippen molar-refractivity contribution in [2.75, 3.05) is 0 Å². The van der Waals surface area contributed by atoms with Crippen molar-refractivity contribution in [1.29, 1.82) is 0 Å². The van der Waals surface area contributed by atoms with Gasteiger partial charge in [-0.2, -0.15) is 0 Å². The van der Waals surface area contributed by atoms with Crippen LogP contribution in [0.15, 0.2) is 0 Å². The van der Waals surface area contributed by atoms with E-state index in [0.717, 1.165) is 6.42 Å². The lowest BCUT2D eigenvalue weighted by Crippen LogP contribution is -2.27. The van der Waals surface area contributed by atoms with E-state index in [9.17, 15) is 4.79 Å². The first kappa shape index (κ1) is 6.59.